The van der Waals surface area contributed by atoms with E-state index in [0.717, 1.165) is 23.2 Å². The van der Waals surface area contributed by atoms with E-state index in [9.17, 15) is 8.78 Å². The normalized spacial score (nSPS) is 15.0. The van der Waals surface area contributed by atoms with Gasteiger partial charge in [-0.1, -0.05) is 31.2 Å². The minimum Gasteiger partial charge on any atom is -0.372 e. The van der Waals surface area contributed by atoms with Crippen LogP contribution in [0.3, 0.4) is 0 Å². The van der Waals surface area contributed by atoms with Crippen LogP contribution >= 0.6 is 0 Å². The number of benzene rings is 2. The molecule has 0 aromatic heterocycles. The van der Waals surface area contributed by atoms with Crippen LogP contribution in [0, 0.1) is 11.6 Å². The molecule has 0 amide bonds. The first-order valence-electron chi connectivity index (χ1n) is 7.07. The lowest BCUT2D eigenvalue weighted by molar-refractivity contribution is 0.134. The Kier molecular flexibility index (Phi) is 3.99. The predicted molar refractivity (Wildman–Crippen MR) is 76.8 cm³/mol. The summed E-state index contributed by atoms with van der Waals surface area (Å²) in [6.07, 6.45) is 0. The molecule has 0 bridgehead atoms. The quantitative estimate of drug-likeness (QED) is 0.926. The molecule has 0 saturated carbocycles. The van der Waals surface area contributed by atoms with Gasteiger partial charge in [0, 0.05) is 0 Å². The van der Waals surface area contributed by atoms with E-state index in [1.54, 1.807) is 6.07 Å². The van der Waals surface area contributed by atoms with E-state index in [4.69, 9.17) is 4.74 Å². The largest absolute Gasteiger partial charge is 0.372 e. The van der Waals surface area contributed by atoms with Crippen molar-refractivity contribution in [2.75, 3.05) is 6.54 Å². The van der Waals surface area contributed by atoms with Crippen LogP contribution in [-0.2, 0) is 18.0 Å². The van der Waals surface area contributed by atoms with E-state index >= 15 is 0 Å². The van der Waals surface area contributed by atoms with E-state index in [1.807, 2.05) is 19.1 Å². The molecule has 1 unspecified atom stereocenters. The number of nitrogens with one attached hydrogen (secondary N) is 1. The van der Waals surface area contributed by atoms with Gasteiger partial charge in [0.1, 0.15) is 0 Å². The van der Waals surface area contributed by atoms with Gasteiger partial charge < -0.3 is 10.1 Å². The Bertz CT molecular complexity index is 657. The monoisotopic (exact) mass is 289 g/mol. The highest BCUT2D eigenvalue weighted by Gasteiger charge is 2.18. The summed E-state index contributed by atoms with van der Waals surface area (Å²) in [4.78, 5) is 0. The van der Waals surface area contributed by atoms with Crippen molar-refractivity contribution in [3.05, 3.63) is 70.3 Å². The van der Waals surface area contributed by atoms with Crippen molar-refractivity contribution in [1.82, 2.24) is 5.32 Å². The lowest BCUT2D eigenvalue weighted by atomic mass is 9.95. The molecule has 0 fully saturated rings. The van der Waals surface area contributed by atoms with E-state index in [0.29, 0.717) is 13.2 Å². The summed E-state index contributed by atoms with van der Waals surface area (Å²) in [6.45, 7) is 3.98. The van der Waals surface area contributed by atoms with Gasteiger partial charge in [-0.3, -0.25) is 0 Å². The molecule has 2 nitrogen and oxygen atoms in total. The van der Waals surface area contributed by atoms with Crippen molar-refractivity contribution < 1.29 is 13.5 Å². The number of hydrogen-bond acceptors (Lipinski definition) is 2. The predicted octanol–water partition coefficient (Wildman–Crippen LogP) is 3.69. The zero-order valence-electron chi connectivity index (χ0n) is 11.8. The fourth-order valence-corrected chi connectivity index (χ4v) is 2.70. The zero-order chi connectivity index (χ0) is 14.8. The summed E-state index contributed by atoms with van der Waals surface area (Å²) in [5, 5.41) is 3.32. The number of hydrogen-bond donors (Lipinski definition) is 1. The van der Waals surface area contributed by atoms with Crippen LogP contribution in [-0.4, -0.2) is 6.54 Å². The van der Waals surface area contributed by atoms with Crippen molar-refractivity contribution in [3.8, 4) is 0 Å². The van der Waals surface area contributed by atoms with Gasteiger partial charge in [0.25, 0.3) is 0 Å². The summed E-state index contributed by atoms with van der Waals surface area (Å²) in [6, 6.07) is 10.0. The molecule has 1 heterocycles. The van der Waals surface area contributed by atoms with E-state index in [2.05, 4.69) is 11.4 Å². The van der Waals surface area contributed by atoms with E-state index in [1.165, 1.54) is 17.7 Å². The Labute approximate surface area is 122 Å². The summed E-state index contributed by atoms with van der Waals surface area (Å²) < 4.78 is 32.0. The van der Waals surface area contributed by atoms with Crippen LogP contribution < -0.4 is 5.32 Å². The van der Waals surface area contributed by atoms with Gasteiger partial charge in [0.15, 0.2) is 11.6 Å². The second kappa shape index (κ2) is 5.92. The Morgan fingerprint density at radius 2 is 1.71 bits per heavy atom. The van der Waals surface area contributed by atoms with Gasteiger partial charge in [-0.05, 0) is 40.9 Å². The Balaban J connectivity index is 1.99. The molecule has 2 aromatic carbocycles. The molecular weight excluding hydrogens is 272 g/mol. The Morgan fingerprint density at radius 1 is 1.00 bits per heavy atom. The fraction of sp³-hybridized carbons (Fsp3) is 0.294. The SMILES string of the molecule is CCNC(c1ccc(F)c(F)c1)c1ccc2c(c1)COC2. The van der Waals surface area contributed by atoms with Crippen LogP contribution in [0.2, 0.25) is 0 Å². The molecule has 2 aromatic rings. The molecule has 4 heteroatoms. The van der Waals surface area contributed by atoms with Crippen LogP contribution in [0.5, 0.6) is 0 Å². The third kappa shape index (κ3) is 2.82. The number of fused-ring (bicyclic) bond motifs is 1. The van der Waals surface area contributed by atoms with Gasteiger partial charge >= 0.3 is 0 Å². The van der Waals surface area contributed by atoms with Crippen LogP contribution in [0.1, 0.15) is 35.2 Å². The number of halogens is 2. The molecule has 1 aliphatic rings. The smallest absolute Gasteiger partial charge is 0.159 e. The number of ether oxygens (including phenoxy) is 1. The lowest BCUT2D eigenvalue weighted by Crippen LogP contribution is -2.22. The average Bonchev–Trinajstić information content (AvgIpc) is 2.95. The van der Waals surface area contributed by atoms with Gasteiger partial charge in [-0.25, -0.2) is 8.78 Å². The van der Waals surface area contributed by atoms with Gasteiger partial charge in [-0.2, -0.15) is 0 Å². The van der Waals surface area contributed by atoms with Crippen molar-refractivity contribution in [1.29, 1.82) is 0 Å². The molecule has 0 spiro atoms. The highest BCUT2D eigenvalue weighted by Crippen LogP contribution is 2.28. The topological polar surface area (TPSA) is 21.3 Å². The van der Waals surface area contributed by atoms with Gasteiger partial charge in [0.2, 0.25) is 0 Å². The van der Waals surface area contributed by atoms with Crippen molar-refractivity contribution in [3.63, 3.8) is 0 Å². The molecular formula is C17H17F2NO. The third-order valence-electron chi connectivity index (χ3n) is 3.76. The van der Waals surface area contributed by atoms with Crippen LogP contribution in [0.15, 0.2) is 36.4 Å². The first kappa shape index (κ1) is 14.2. The Hall–Kier alpha value is -1.78. The fourth-order valence-electron chi connectivity index (χ4n) is 2.70. The highest BCUT2D eigenvalue weighted by atomic mass is 19.2. The molecule has 0 aliphatic carbocycles. The average molecular weight is 289 g/mol. The third-order valence-corrected chi connectivity index (χ3v) is 3.76. The summed E-state index contributed by atoms with van der Waals surface area (Å²) in [5.41, 5.74) is 4.11. The first-order valence-corrected chi connectivity index (χ1v) is 7.07. The van der Waals surface area contributed by atoms with Crippen molar-refractivity contribution in [2.45, 2.75) is 26.2 Å². The molecule has 0 saturated heterocycles. The van der Waals surface area contributed by atoms with Crippen molar-refractivity contribution >= 4 is 0 Å². The minimum absolute atomic E-state index is 0.156. The second-order valence-electron chi connectivity index (χ2n) is 5.19. The molecule has 21 heavy (non-hydrogen) atoms. The molecule has 0 radical (unpaired) electrons. The summed E-state index contributed by atoms with van der Waals surface area (Å²) in [5.74, 6) is -1.64. The standard InChI is InChI=1S/C17H17F2NO/c1-2-20-17(12-5-6-15(18)16(19)8-12)11-3-4-13-9-21-10-14(13)7-11/h3-8,17,20H,2,9-10H2,1H3. The maximum atomic E-state index is 13.5. The summed E-state index contributed by atoms with van der Waals surface area (Å²) in [7, 11) is 0. The van der Waals surface area contributed by atoms with E-state index < -0.39 is 11.6 Å². The summed E-state index contributed by atoms with van der Waals surface area (Å²) >= 11 is 0. The van der Waals surface area contributed by atoms with Crippen molar-refractivity contribution in [2.24, 2.45) is 0 Å². The van der Waals surface area contributed by atoms with Gasteiger partial charge in [0.05, 0.1) is 19.3 Å². The first-order chi connectivity index (χ1) is 10.2. The zero-order valence-corrected chi connectivity index (χ0v) is 11.8. The molecule has 1 aliphatic heterocycles. The van der Waals surface area contributed by atoms with E-state index in [-0.39, 0.29) is 6.04 Å². The lowest BCUT2D eigenvalue weighted by Gasteiger charge is -2.20. The van der Waals surface area contributed by atoms with Gasteiger partial charge in [-0.15, -0.1) is 0 Å². The second-order valence-corrected chi connectivity index (χ2v) is 5.19. The molecule has 1 N–H and O–H groups in total. The minimum atomic E-state index is -0.823. The maximum Gasteiger partial charge on any atom is 0.159 e. The number of rotatable bonds is 4. The van der Waals surface area contributed by atoms with Crippen LogP contribution in [0.4, 0.5) is 8.78 Å². The molecule has 110 valence electrons. The highest BCUT2D eigenvalue weighted by molar-refractivity contribution is 5.39. The van der Waals surface area contributed by atoms with Crippen LogP contribution in [0.25, 0.3) is 0 Å². The molecule has 1 atom stereocenters. The maximum absolute atomic E-state index is 13.5. The molecule has 3 rings (SSSR count). The Morgan fingerprint density at radius 3 is 2.48 bits per heavy atom.